The Bertz CT molecular complexity index is 1600. The molecule has 0 bridgehead atoms. The van der Waals surface area contributed by atoms with Crippen molar-refractivity contribution in [3.8, 4) is 28.4 Å². The molecule has 0 spiro atoms. The lowest BCUT2D eigenvalue weighted by atomic mass is 10.0. The van der Waals surface area contributed by atoms with Crippen LogP contribution in [0, 0.1) is 0 Å². The Hall–Kier alpha value is -4.26. The molecule has 0 radical (unpaired) electrons. The number of β-amino-alcohol motifs (C(OH)–C–C–N with tert-alkyl or cyclic N) is 1. The van der Waals surface area contributed by atoms with Gasteiger partial charge < -0.3 is 29.7 Å². The number of hydrogen-bond donors (Lipinski definition) is 2. The number of ether oxygens (including phenoxy) is 2. The molecule has 1 saturated heterocycles. The molecule has 5 rings (SSSR count). The van der Waals surface area contributed by atoms with Crippen LogP contribution in [0.2, 0.25) is 0 Å². The van der Waals surface area contributed by atoms with E-state index in [2.05, 4.69) is 17.3 Å². The maximum Gasteiger partial charge on any atom is 0.418 e. The number of halogens is 3. The summed E-state index contributed by atoms with van der Waals surface area (Å²) in [5.41, 5.74) is -0.386. The first-order valence-electron chi connectivity index (χ1n) is 15.6. The number of unbranched alkanes of at least 4 members (excludes halogenated alkanes) is 3. The first-order valence-corrected chi connectivity index (χ1v) is 15.6. The second-order valence-corrected chi connectivity index (χ2v) is 11.7. The fraction of sp³-hybridized carbons (Fsp3) is 0.485. The molecule has 1 unspecified atom stereocenters. The third kappa shape index (κ3) is 7.09. The third-order valence-corrected chi connectivity index (χ3v) is 8.47. The Balaban J connectivity index is 1.65. The predicted molar refractivity (Wildman–Crippen MR) is 169 cm³/mol. The molecule has 10 nitrogen and oxygen atoms in total. The molecule has 46 heavy (non-hydrogen) atoms. The summed E-state index contributed by atoms with van der Waals surface area (Å²) < 4.78 is 55.1. The monoisotopic (exact) mass is 643 g/mol. The molecule has 1 aromatic heterocycles. The summed E-state index contributed by atoms with van der Waals surface area (Å²) in [6.45, 7) is 3.50. The van der Waals surface area contributed by atoms with Gasteiger partial charge in [0.05, 0.1) is 43.8 Å². The van der Waals surface area contributed by atoms with E-state index in [1.54, 1.807) is 28.0 Å². The molecular weight excluding hydrogens is 603 g/mol. The zero-order valence-electron chi connectivity index (χ0n) is 26.3. The molecule has 2 N–H and O–H groups in total. The Kier molecular flexibility index (Phi) is 10.1. The van der Waals surface area contributed by atoms with E-state index in [-0.39, 0.29) is 30.4 Å². The minimum Gasteiger partial charge on any atom is -0.497 e. The molecule has 2 aliphatic heterocycles. The van der Waals surface area contributed by atoms with Gasteiger partial charge in [0.2, 0.25) is 5.91 Å². The van der Waals surface area contributed by atoms with E-state index < -0.39 is 29.1 Å². The molecule has 3 aromatic rings. The number of alkyl halides is 3. The number of nitrogens with one attached hydrogen (secondary N) is 1. The molecule has 2 aromatic carbocycles. The first-order chi connectivity index (χ1) is 22.0. The normalized spacial score (nSPS) is 16.1. The number of rotatable bonds is 12. The van der Waals surface area contributed by atoms with E-state index in [4.69, 9.17) is 9.47 Å². The van der Waals surface area contributed by atoms with Crippen LogP contribution < -0.4 is 30.1 Å². The van der Waals surface area contributed by atoms with Gasteiger partial charge in [0.1, 0.15) is 17.2 Å². The number of aromatic nitrogens is 2. The van der Waals surface area contributed by atoms with Crippen LogP contribution in [0.25, 0.3) is 16.9 Å². The maximum atomic E-state index is 14.5. The summed E-state index contributed by atoms with van der Waals surface area (Å²) in [7, 11) is 2.96. The Morgan fingerprint density at radius 1 is 1.07 bits per heavy atom. The molecule has 0 saturated carbocycles. The molecule has 248 valence electrons. The van der Waals surface area contributed by atoms with Gasteiger partial charge in [-0.05, 0) is 49.6 Å². The number of carbonyl (C=O) groups excluding carboxylic acids is 1. The largest absolute Gasteiger partial charge is 0.497 e. The van der Waals surface area contributed by atoms with E-state index >= 15 is 0 Å². The van der Waals surface area contributed by atoms with Crippen molar-refractivity contribution in [1.82, 2.24) is 15.1 Å². The van der Waals surface area contributed by atoms with Gasteiger partial charge >= 0.3 is 6.18 Å². The highest BCUT2D eigenvalue weighted by Gasteiger charge is 2.37. The van der Waals surface area contributed by atoms with Crippen LogP contribution in [0.15, 0.2) is 41.2 Å². The molecule has 1 atom stereocenters. The fourth-order valence-corrected chi connectivity index (χ4v) is 6.08. The summed E-state index contributed by atoms with van der Waals surface area (Å²) in [5.74, 6) is 0.596. The highest BCUT2D eigenvalue weighted by Crippen LogP contribution is 2.39. The predicted octanol–water partition coefficient (Wildman–Crippen LogP) is 4.57. The van der Waals surface area contributed by atoms with Gasteiger partial charge in [-0.15, -0.1) is 0 Å². The quantitative estimate of drug-likeness (QED) is 0.277. The molecular formula is C33H40F3N5O5. The van der Waals surface area contributed by atoms with Crippen LogP contribution in [0.3, 0.4) is 0 Å². The summed E-state index contributed by atoms with van der Waals surface area (Å²) >= 11 is 0. The van der Waals surface area contributed by atoms with E-state index in [1.165, 1.54) is 26.4 Å². The standard InChI is InChI=1S/C33H40F3N5O5/c1-4-5-6-7-12-37-29(43)20-40-14-11-26-30(21-15-24(45-2)18-25(16-21)46-3)38-41(32(44)31(26)40)28-17-22(39-13-10-23(42)19-39)8-9-27(28)33(34,35)36/h8-9,15-18,23,42H,4-7,10-14,19-20H2,1-3H3,(H,37,43). The number of nitrogens with zero attached hydrogens (tertiary/aromatic N) is 4. The maximum absolute atomic E-state index is 14.5. The number of aliphatic hydroxyl groups is 1. The highest BCUT2D eigenvalue weighted by molar-refractivity contribution is 5.84. The van der Waals surface area contributed by atoms with E-state index in [9.17, 15) is 27.9 Å². The number of hydrogen-bond acceptors (Lipinski definition) is 8. The Morgan fingerprint density at radius 3 is 2.43 bits per heavy atom. The number of fused-ring (bicyclic) bond motifs is 1. The van der Waals surface area contributed by atoms with Gasteiger partial charge in [-0.3, -0.25) is 9.59 Å². The van der Waals surface area contributed by atoms with Crippen molar-refractivity contribution in [3.05, 3.63) is 57.9 Å². The lowest BCUT2D eigenvalue weighted by Gasteiger charge is -2.23. The summed E-state index contributed by atoms with van der Waals surface area (Å²) in [6, 6.07) is 8.59. The second-order valence-electron chi connectivity index (χ2n) is 11.7. The molecule has 2 aliphatic rings. The topological polar surface area (TPSA) is 109 Å². The summed E-state index contributed by atoms with van der Waals surface area (Å²) in [6.07, 6.45) is -0.607. The van der Waals surface area contributed by atoms with Crippen molar-refractivity contribution in [3.63, 3.8) is 0 Å². The average Bonchev–Trinajstić information content (AvgIpc) is 3.66. The van der Waals surface area contributed by atoms with Crippen LogP contribution in [-0.2, 0) is 17.4 Å². The van der Waals surface area contributed by atoms with Crippen molar-refractivity contribution in [2.24, 2.45) is 0 Å². The lowest BCUT2D eigenvalue weighted by Crippen LogP contribution is -2.39. The van der Waals surface area contributed by atoms with Gasteiger partial charge in [0, 0.05) is 49.1 Å². The van der Waals surface area contributed by atoms with Crippen molar-refractivity contribution in [2.75, 3.05) is 56.7 Å². The number of anilines is 2. The first kappa shape index (κ1) is 33.1. The fourth-order valence-electron chi connectivity index (χ4n) is 6.08. The van der Waals surface area contributed by atoms with E-state index in [0.29, 0.717) is 60.8 Å². The van der Waals surface area contributed by atoms with Crippen molar-refractivity contribution in [2.45, 2.75) is 57.7 Å². The summed E-state index contributed by atoms with van der Waals surface area (Å²) in [5, 5.41) is 17.6. The number of aliphatic hydroxyl groups excluding tert-OH is 1. The Morgan fingerprint density at radius 2 is 1.80 bits per heavy atom. The number of benzene rings is 2. The zero-order chi connectivity index (χ0) is 33.0. The smallest absolute Gasteiger partial charge is 0.418 e. The van der Waals surface area contributed by atoms with Gasteiger partial charge in [-0.1, -0.05) is 26.2 Å². The summed E-state index contributed by atoms with van der Waals surface area (Å²) in [4.78, 5) is 30.6. The molecule has 0 aliphatic carbocycles. The van der Waals surface area contributed by atoms with Crippen molar-refractivity contribution < 1.29 is 32.5 Å². The van der Waals surface area contributed by atoms with Gasteiger partial charge in [-0.2, -0.15) is 23.0 Å². The van der Waals surface area contributed by atoms with Crippen LogP contribution in [0.4, 0.5) is 24.5 Å². The third-order valence-electron chi connectivity index (χ3n) is 8.47. The highest BCUT2D eigenvalue weighted by atomic mass is 19.4. The average molecular weight is 644 g/mol. The van der Waals surface area contributed by atoms with Crippen LogP contribution in [0.5, 0.6) is 11.5 Å². The Labute approximate surface area is 265 Å². The lowest BCUT2D eigenvalue weighted by molar-refractivity contribution is -0.137. The van der Waals surface area contributed by atoms with Gasteiger partial charge in [-0.25, -0.2) is 0 Å². The van der Waals surface area contributed by atoms with E-state index in [0.717, 1.165) is 36.4 Å². The molecule has 1 fully saturated rings. The minimum atomic E-state index is -4.80. The number of amides is 1. The van der Waals surface area contributed by atoms with Gasteiger partial charge in [0.15, 0.2) is 0 Å². The van der Waals surface area contributed by atoms with Crippen molar-refractivity contribution in [1.29, 1.82) is 0 Å². The van der Waals surface area contributed by atoms with Crippen molar-refractivity contribution >= 4 is 17.3 Å². The minimum absolute atomic E-state index is 0.126. The number of methoxy groups -OCH3 is 2. The zero-order valence-corrected chi connectivity index (χ0v) is 26.3. The van der Waals surface area contributed by atoms with E-state index in [1.807, 2.05) is 0 Å². The molecule has 3 heterocycles. The van der Waals surface area contributed by atoms with Crippen LogP contribution in [-0.4, -0.2) is 73.8 Å². The molecule has 1 amide bonds. The molecule has 13 heteroatoms. The van der Waals surface area contributed by atoms with Crippen LogP contribution >= 0.6 is 0 Å². The van der Waals surface area contributed by atoms with Gasteiger partial charge in [0.25, 0.3) is 5.56 Å². The second kappa shape index (κ2) is 14.0. The van der Waals surface area contributed by atoms with Crippen LogP contribution in [0.1, 0.15) is 50.2 Å². The number of carbonyl (C=O) groups is 1. The SMILES string of the molecule is CCCCCCNC(=O)CN1CCc2c(-c3cc(OC)cc(OC)c3)nn(-c3cc(N4CCC(O)C4)ccc3C(F)(F)F)c(=O)c21.